The molecule has 1 heterocycles. The molecule has 0 saturated heterocycles. The maximum Gasteiger partial charge on any atom is 0.336 e. The predicted molar refractivity (Wildman–Crippen MR) is 93.8 cm³/mol. The number of pyridine rings is 1. The van der Waals surface area contributed by atoms with Crippen molar-refractivity contribution in [3.63, 3.8) is 0 Å². The van der Waals surface area contributed by atoms with Gasteiger partial charge in [-0.05, 0) is 48.1 Å². The molecule has 0 atom stereocenters. The highest BCUT2D eigenvalue weighted by molar-refractivity contribution is 6.04. The van der Waals surface area contributed by atoms with E-state index in [1.165, 1.54) is 6.07 Å². The van der Waals surface area contributed by atoms with Crippen LogP contribution in [0.1, 0.15) is 58.3 Å². The van der Waals surface area contributed by atoms with Crippen molar-refractivity contribution >= 4 is 17.6 Å². The van der Waals surface area contributed by atoms with E-state index in [9.17, 15) is 14.7 Å². The third kappa shape index (κ3) is 3.79. The molecular formula is C19H22N2O3. The molecule has 2 aromatic rings. The first-order valence-corrected chi connectivity index (χ1v) is 7.72. The molecule has 2 rings (SSSR count). The number of anilines is 1. The molecule has 0 aliphatic rings. The first-order valence-electron chi connectivity index (χ1n) is 7.72. The van der Waals surface area contributed by atoms with Crippen LogP contribution in [-0.2, 0) is 5.41 Å². The minimum atomic E-state index is -1.02. The molecule has 5 heteroatoms. The number of rotatable bonds is 3. The zero-order chi connectivity index (χ0) is 18.1. The van der Waals surface area contributed by atoms with Gasteiger partial charge in [0.1, 0.15) is 5.69 Å². The summed E-state index contributed by atoms with van der Waals surface area (Å²) in [6, 6.07) is 6.79. The SMILES string of the molecule is Cc1cc(C)c(C(=O)O)cc1NC(=O)c1ccc(C(C)(C)C)cn1. The Morgan fingerprint density at radius 3 is 2.25 bits per heavy atom. The van der Waals surface area contributed by atoms with E-state index in [1.54, 1.807) is 25.3 Å². The first-order chi connectivity index (χ1) is 11.1. The van der Waals surface area contributed by atoms with Crippen LogP contribution in [0.4, 0.5) is 5.69 Å². The number of hydrogen-bond acceptors (Lipinski definition) is 3. The smallest absolute Gasteiger partial charge is 0.336 e. The van der Waals surface area contributed by atoms with Crippen LogP contribution in [0.3, 0.4) is 0 Å². The highest BCUT2D eigenvalue weighted by Crippen LogP contribution is 2.23. The number of carboxylic acid groups (broad SMARTS) is 1. The predicted octanol–water partition coefficient (Wildman–Crippen LogP) is 3.95. The minimum absolute atomic E-state index is 0.0358. The summed E-state index contributed by atoms with van der Waals surface area (Å²) in [4.78, 5) is 27.8. The number of benzene rings is 1. The average molecular weight is 326 g/mol. The molecule has 0 unspecified atom stereocenters. The minimum Gasteiger partial charge on any atom is -0.478 e. The lowest BCUT2D eigenvalue weighted by Gasteiger charge is -2.18. The van der Waals surface area contributed by atoms with Crippen LogP contribution in [0.2, 0.25) is 0 Å². The number of hydrogen-bond donors (Lipinski definition) is 2. The van der Waals surface area contributed by atoms with Crippen LogP contribution >= 0.6 is 0 Å². The van der Waals surface area contributed by atoms with Crippen molar-refractivity contribution in [3.8, 4) is 0 Å². The van der Waals surface area contributed by atoms with E-state index in [1.807, 2.05) is 13.0 Å². The van der Waals surface area contributed by atoms with Gasteiger partial charge in [0.05, 0.1) is 5.56 Å². The Morgan fingerprint density at radius 1 is 1.08 bits per heavy atom. The van der Waals surface area contributed by atoms with Gasteiger partial charge in [-0.25, -0.2) is 4.79 Å². The number of aromatic carboxylic acids is 1. The number of carboxylic acids is 1. The fraction of sp³-hybridized carbons (Fsp3) is 0.316. The van der Waals surface area contributed by atoms with Crippen molar-refractivity contribution in [2.75, 3.05) is 5.32 Å². The molecule has 0 fully saturated rings. The molecule has 0 spiro atoms. The van der Waals surface area contributed by atoms with Gasteiger partial charge in [0.2, 0.25) is 0 Å². The number of carbonyl (C=O) groups is 2. The highest BCUT2D eigenvalue weighted by atomic mass is 16.4. The molecule has 0 radical (unpaired) electrons. The quantitative estimate of drug-likeness (QED) is 0.895. The maximum atomic E-state index is 12.4. The van der Waals surface area contributed by atoms with Crippen LogP contribution in [-0.4, -0.2) is 22.0 Å². The second kappa shape index (κ2) is 6.43. The van der Waals surface area contributed by atoms with E-state index in [-0.39, 0.29) is 16.9 Å². The van der Waals surface area contributed by atoms with E-state index >= 15 is 0 Å². The van der Waals surface area contributed by atoms with E-state index < -0.39 is 5.97 Å². The normalized spacial score (nSPS) is 11.2. The van der Waals surface area contributed by atoms with E-state index in [4.69, 9.17) is 0 Å². The van der Waals surface area contributed by atoms with Crippen molar-refractivity contribution in [2.24, 2.45) is 0 Å². The van der Waals surface area contributed by atoms with Gasteiger partial charge in [0, 0.05) is 11.9 Å². The number of carbonyl (C=O) groups excluding carboxylic acids is 1. The van der Waals surface area contributed by atoms with Crippen molar-refractivity contribution in [2.45, 2.75) is 40.0 Å². The topological polar surface area (TPSA) is 79.3 Å². The molecule has 0 aliphatic carbocycles. The second-order valence-electron chi connectivity index (χ2n) is 6.92. The van der Waals surface area contributed by atoms with Gasteiger partial charge in [-0.1, -0.05) is 32.9 Å². The van der Waals surface area contributed by atoms with Gasteiger partial charge in [-0.3, -0.25) is 9.78 Å². The molecule has 1 aromatic heterocycles. The third-order valence-corrected chi connectivity index (χ3v) is 3.91. The van der Waals surface area contributed by atoms with Gasteiger partial charge >= 0.3 is 5.97 Å². The molecule has 5 nitrogen and oxygen atoms in total. The Balaban J connectivity index is 2.27. The Hall–Kier alpha value is -2.69. The number of nitrogens with one attached hydrogen (secondary N) is 1. The molecule has 126 valence electrons. The summed E-state index contributed by atoms with van der Waals surface area (Å²) in [6.45, 7) is 9.78. The summed E-state index contributed by atoms with van der Waals surface area (Å²) in [5.41, 5.74) is 3.41. The zero-order valence-corrected chi connectivity index (χ0v) is 14.6. The molecule has 1 amide bonds. The van der Waals surface area contributed by atoms with Gasteiger partial charge in [0.15, 0.2) is 0 Å². The fourth-order valence-corrected chi connectivity index (χ4v) is 2.38. The summed E-state index contributed by atoms with van der Waals surface area (Å²) in [6.07, 6.45) is 1.69. The van der Waals surface area contributed by atoms with E-state index in [2.05, 4.69) is 31.1 Å². The molecular weight excluding hydrogens is 304 g/mol. The van der Waals surface area contributed by atoms with Crippen LogP contribution in [0, 0.1) is 13.8 Å². The van der Waals surface area contributed by atoms with Crippen LogP contribution < -0.4 is 5.32 Å². The van der Waals surface area contributed by atoms with Crippen molar-refractivity contribution < 1.29 is 14.7 Å². The van der Waals surface area contributed by atoms with Gasteiger partial charge in [0.25, 0.3) is 5.91 Å². The fourth-order valence-electron chi connectivity index (χ4n) is 2.38. The largest absolute Gasteiger partial charge is 0.478 e. The summed E-state index contributed by atoms with van der Waals surface area (Å²) >= 11 is 0. The van der Waals surface area contributed by atoms with Crippen LogP contribution in [0.5, 0.6) is 0 Å². The first kappa shape index (κ1) is 17.7. The molecule has 24 heavy (non-hydrogen) atoms. The number of aryl methyl sites for hydroxylation is 2. The van der Waals surface area contributed by atoms with Crippen LogP contribution in [0.15, 0.2) is 30.5 Å². The van der Waals surface area contributed by atoms with E-state index in [0.29, 0.717) is 16.9 Å². The molecule has 0 aliphatic heterocycles. The lowest BCUT2D eigenvalue weighted by Crippen LogP contribution is -2.17. The summed E-state index contributed by atoms with van der Waals surface area (Å²) in [5, 5.41) is 12.0. The molecule has 2 N–H and O–H groups in total. The Morgan fingerprint density at radius 2 is 1.75 bits per heavy atom. The Kier molecular flexibility index (Phi) is 4.73. The number of amides is 1. The number of nitrogens with zero attached hydrogens (tertiary/aromatic N) is 1. The maximum absolute atomic E-state index is 12.4. The number of aromatic nitrogens is 1. The zero-order valence-electron chi connectivity index (χ0n) is 14.6. The lowest BCUT2D eigenvalue weighted by atomic mass is 9.88. The lowest BCUT2D eigenvalue weighted by molar-refractivity contribution is 0.0695. The van der Waals surface area contributed by atoms with Crippen LogP contribution in [0.25, 0.3) is 0 Å². The van der Waals surface area contributed by atoms with Crippen molar-refractivity contribution in [3.05, 3.63) is 58.4 Å². The second-order valence-corrected chi connectivity index (χ2v) is 6.92. The highest BCUT2D eigenvalue weighted by Gasteiger charge is 2.17. The summed E-state index contributed by atoms with van der Waals surface area (Å²) in [5.74, 6) is -1.38. The van der Waals surface area contributed by atoms with Gasteiger partial charge in [-0.2, -0.15) is 0 Å². The Bertz CT molecular complexity index is 787. The monoisotopic (exact) mass is 326 g/mol. The third-order valence-electron chi connectivity index (χ3n) is 3.91. The van der Waals surface area contributed by atoms with Gasteiger partial charge in [-0.15, -0.1) is 0 Å². The summed E-state index contributed by atoms with van der Waals surface area (Å²) in [7, 11) is 0. The molecule has 0 saturated carbocycles. The molecule has 1 aromatic carbocycles. The average Bonchev–Trinajstić information content (AvgIpc) is 2.48. The van der Waals surface area contributed by atoms with Crippen molar-refractivity contribution in [1.82, 2.24) is 4.98 Å². The standard InChI is InChI=1S/C19H22N2O3/c1-11-8-12(2)16(9-14(11)18(23)24)21-17(22)15-7-6-13(10-20-15)19(3,4)5/h6-10H,1-5H3,(H,21,22)(H,23,24). The van der Waals surface area contributed by atoms with Crippen molar-refractivity contribution in [1.29, 1.82) is 0 Å². The van der Waals surface area contributed by atoms with E-state index in [0.717, 1.165) is 11.1 Å². The Labute approximate surface area is 141 Å². The van der Waals surface area contributed by atoms with Gasteiger partial charge < -0.3 is 10.4 Å². The summed E-state index contributed by atoms with van der Waals surface area (Å²) < 4.78 is 0. The molecule has 0 bridgehead atoms.